The predicted molar refractivity (Wildman–Crippen MR) is 128 cm³/mol. The summed E-state index contributed by atoms with van der Waals surface area (Å²) in [5.41, 5.74) is 0.220. The maximum absolute atomic E-state index is 13.6. The van der Waals surface area contributed by atoms with Crippen LogP contribution in [0.3, 0.4) is 0 Å². The van der Waals surface area contributed by atoms with Crippen LogP contribution in [0.4, 0.5) is 4.39 Å². The van der Waals surface area contributed by atoms with Gasteiger partial charge in [0.2, 0.25) is 11.8 Å². The fraction of sp³-hybridized carbons (Fsp3) is 0.654. The summed E-state index contributed by atoms with van der Waals surface area (Å²) in [5, 5.41) is 3.31. The number of halogens is 1. The molecule has 4 rings (SSSR count). The van der Waals surface area contributed by atoms with Crippen molar-refractivity contribution in [1.29, 1.82) is 0 Å². The number of amides is 3. The van der Waals surface area contributed by atoms with Crippen LogP contribution < -0.4 is 5.32 Å². The molecule has 3 aliphatic rings. The third-order valence-electron chi connectivity index (χ3n) is 6.87. The molecular formula is C26H37FN4O3. The molecule has 2 atom stereocenters. The molecular weight excluding hydrogens is 435 g/mol. The Labute approximate surface area is 201 Å². The van der Waals surface area contributed by atoms with Gasteiger partial charge in [0, 0.05) is 44.2 Å². The van der Waals surface area contributed by atoms with Gasteiger partial charge >= 0.3 is 0 Å². The van der Waals surface area contributed by atoms with E-state index in [-0.39, 0.29) is 35.2 Å². The summed E-state index contributed by atoms with van der Waals surface area (Å²) in [6, 6.07) is 4.84. The third-order valence-corrected chi connectivity index (χ3v) is 6.87. The van der Waals surface area contributed by atoms with E-state index in [0.29, 0.717) is 38.0 Å². The van der Waals surface area contributed by atoms with Crippen molar-refractivity contribution >= 4 is 17.7 Å². The lowest BCUT2D eigenvalue weighted by Crippen LogP contribution is -2.48. The smallest absolute Gasteiger partial charge is 0.254 e. The molecule has 2 saturated heterocycles. The van der Waals surface area contributed by atoms with E-state index in [9.17, 15) is 18.8 Å². The van der Waals surface area contributed by atoms with Gasteiger partial charge in [0.1, 0.15) is 11.9 Å². The average Bonchev–Trinajstić information content (AvgIpc) is 3.55. The highest BCUT2D eigenvalue weighted by Crippen LogP contribution is 2.36. The lowest BCUT2D eigenvalue weighted by atomic mass is 9.91. The molecule has 1 aromatic rings. The number of likely N-dealkylation sites (tertiary alicyclic amines) is 1. The van der Waals surface area contributed by atoms with E-state index in [1.54, 1.807) is 4.90 Å². The molecule has 2 aliphatic heterocycles. The predicted octanol–water partition coefficient (Wildman–Crippen LogP) is 2.66. The molecule has 7 nitrogen and oxygen atoms in total. The lowest BCUT2D eigenvalue weighted by Gasteiger charge is -2.31. The number of hydrogen-bond acceptors (Lipinski definition) is 4. The molecule has 1 aromatic carbocycles. The first kappa shape index (κ1) is 24.6. The molecule has 1 N–H and O–H groups in total. The van der Waals surface area contributed by atoms with Crippen molar-refractivity contribution < 1.29 is 18.8 Å². The number of benzene rings is 1. The van der Waals surface area contributed by atoms with Gasteiger partial charge in [-0.1, -0.05) is 20.8 Å². The van der Waals surface area contributed by atoms with Crippen LogP contribution in [0, 0.1) is 11.2 Å². The van der Waals surface area contributed by atoms with Gasteiger partial charge in [0.05, 0.1) is 6.04 Å². The highest BCUT2D eigenvalue weighted by molar-refractivity contribution is 5.98. The van der Waals surface area contributed by atoms with Gasteiger partial charge < -0.3 is 20.0 Å². The summed E-state index contributed by atoms with van der Waals surface area (Å²) < 4.78 is 13.5. The Balaban J connectivity index is 1.60. The van der Waals surface area contributed by atoms with Gasteiger partial charge in [-0.25, -0.2) is 4.39 Å². The van der Waals surface area contributed by atoms with Crippen molar-refractivity contribution in [3.63, 3.8) is 0 Å². The third kappa shape index (κ3) is 5.77. The second-order valence-electron chi connectivity index (χ2n) is 11.1. The second kappa shape index (κ2) is 10.0. The first-order valence-corrected chi connectivity index (χ1v) is 12.5. The van der Waals surface area contributed by atoms with Crippen LogP contribution in [0.1, 0.15) is 63.2 Å². The van der Waals surface area contributed by atoms with Gasteiger partial charge in [0.15, 0.2) is 0 Å². The van der Waals surface area contributed by atoms with Crippen LogP contribution in [0.15, 0.2) is 24.3 Å². The molecule has 2 heterocycles. The maximum atomic E-state index is 13.6. The summed E-state index contributed by atoms with van der Waals surface area (Å²) in [7, 11) is 0. The maximum Gasteiger partial charge on any atom is 0.254 e. The Kier molecular flexibility index (Phi) is 7.26. The zero-order valence-electron chi connectivity index (χ0n) is 20.6. The summed E-state index contributed by atoms with van der Waals surface area (Å²) >= 11 is 0. The SMILES string of the molecule is CC(C)(C)CC(=O)N(C1CC1)C1CC(C(=O)N2CCCNCC2)N(C(=O)c2ccc(F)cc2)C1. The summed E-state index contributed by atoms with van der Waals surface area (Å²) in [6.07, 6.45) is 3.68. The minimum Gasteiger partial charge on any atom is -0.340 e. The molecule has 0 spiro atoms. The summed E-state index contributed by atoms with van der Waals surface area (Å²) in [5.74, 6) is -0.650. The lowest BCUT2D eigenvalue weighted by molar-refractivity contribution is -0.137. The van der Waals surface area contributed by atoms with E-state index in [1.807, 2.05) is 9.80 Å². The monoisotopic (exact) mass is 472 g/mol. The molecule has 186 valence electrons. The fourth-order valence-electron chi connectivity index (χ4n) is 5.11. The van der Waals surface area contributed by atoms with Crippen molar-refractivity contribution in [2.24, 2.45) is 5.41 Å². The quantitative estimate of drug-likeness (QED) is 0.715. The number of carbonyl (C=O) groups is 3. The van der Waals surface area contributed by atoms with Crippen LogP contribution in [0.25, 0.3) is 0 Å². The number of rotatable bonds is 5. The zero-order chi connectivity index (χ0) is 24.5. The van der Waals surface area contributed by atoms with E-state index in [4.69, 9.17) is 0 Å². The van der Waals surface area contributed by atoms with E-state index >= 15 is 0 Å². The molecule has 3 fully saturated rings. The van der Waals surface area contributed by atoms with Crippen LogP contribution in [0.5, 0.6) is 0 Å². The molecule has 3 amide bonds. The Morgan fingerprint density at radius 3 is 2.41 bits per heavy atom. The van der Waals surface area contributed by atoms with Crippen molar-refractivity contribution in [2.45, 2.75) is 71.0 Å². The molecule has 2 unspecified atom stereocenters. The second-order valence-corrected chi connectivity index (χ2v) is 11.1. The average molecular weight is 473 g/mol. The van der Waals surface area contributed by atoms with Crippen molar-refractivity contribution in [3.05, 3.63) is 35.6 Å². The van der Waals surface area contributed by atoms with E-state index < -0.39 is 11.9 Å². The Morgan fingerprint density at radius 1 is 1.06 bits per heavy atom. The summed E-state index contributed by atoms with van der Waals surface area (Å²) in [4.78, 5) is 45.9. The van der Waals surface area contributed by atoms with Crippen molar-refractivity contribution in [3.8, 4) is 0 Å². The number of nitrogens with zero attached hydrogens (tertiary/aromatic N) is 3. The van der Waals surface area contributed by atoms with Crippen molar-refractivity contribution in [1.82, 2.24) is 20.0 Å². The van der Waals surface area contributed by atoms with Crippen LogP contribution in [-0.2, 0) is 9.59 Å². The normalized spacial score (nSPS) is 23.5. The molecule has 0 bridgehead atoms. The highest BCUT2D eigenvalue weighted by atomic mass is 19.1. The van der Waals surface area contributed by atoms with E-state index in [1.165, 1.54) is 24.3 Å². The standard InChI is InChI=1S/C26H37FN4O3/c1-26(2,3)16-23(32)31(20-9-10-20)21-15-22(25(34)29-13-4-11-28-12-14-29)30(17-21)24(33)18-5-7-19(27)8-6-18/h5-8,20-22,28H,4,9-17H2,1-3H3. The van der Waals surface area contributed by atoms with Crippen LogP contribution in [-0.4, -0.2) is 83.3 Å². The molecule has 1 saturated carbocycles. The Hall–Kier alpha value is -2.48. The van der Waals surface area contributed by atoms with Crippen molar-refractivity contribution in [2.75, 3.05) is 32.7 Å². The largest absolute Gasteiger partial charge is 0.340 e. The van der Waals surface area contributed by atoms with E-state index in [2.05, 4.69) is 26.1 Å². The molecule has 34 heavy (non-hydrogen) atoms. The van der Waals surface area contributed by atoms with Crippen LogP contribution in [0.2, 0.25) is 0 Å². The van der Waals surface area contributed by atoms with Gasteiger partial charge in [-0.3, -0.25) is 14.4 Å². The fourth-order valence-corrected chi connectivity index (χ4v) is 5.11. The first-order chi connectivity index (χ1) is 16.1. The van der Waals surface area contributed by atoms with Crippen LogP contribution >= 0.6 is 0 Å². The molecule has 0 radical (unpaired) electrons. The summed E-state index contributed by atoms with van der Waals surface area (Å²) in [6.45, 7) is 9.33. The van der Waals surface area contributed by atoms with Gasteiger partial charge in [-0.05, 0) is 61.9 Å². The Morgan fingerprint density at radius 2 is 1.76 bits per heavy atom. The zero-order valence-corrected chi connectivity index (χ0v) is 20.6. The van der Waals surface area contributed by atoms with E-state index in [0.717, 1.165) is 32.4 Å². The number of carbonyl (C=O) groups excluding carboxylic acids is 3. The minimum atomic E-state index is -0.621. The molecule has 1 aliphatic carbocycles. The number of hydrogen-bond donors (Lipinski definition) is 1. The van der Waals surface area contributed by atoms with Gasteiger partial charge in [-0.15, -0.1) is 0 Å². The topological polar surface area (TPSA) is 73.0 Å². The molecule has 0 aromatic heterocycles. The first-order valence-electron chi connectivity index (χ1n) is 12.5. The highest BCUT2D eigenvalue weighted by Gasteiger charge is 2.48. The molecule has 8 heteroatoms. The minimum absolute atomic E-state index is 0.0549. The number of nitrogens with one attached hydrogen (secondary N) is 1. The van der Waals surface area contributed by atoms with Gasteiger partial charge in [-0.2, -0.15) is 0 Å². The Bertz CT molecular complexity index is 902. The van der Waals surface area contributed by atoms with Gasteiger partial charge in [0.25, 0.3) is 5.91 Å².